The van der Waals surface area contributed by atoms with Gasteiger partial charge in [-0.05, 0) is 30.2 Å². The summed E-state index contributed by atoms with van der Waals surface area (Å²) in [6.45, 7) is 3.22. The molecule has 0 aliphatic rings. The van der Waals surface area contributed by atoms with Crippen LogP contribution in [0.15, 0.2) is 48.5 Å². The highest BCUT2D eigenvalue weighted by atomic mass is 35.5. The highest BCUT2D eigenvalue weighted by Crippen LogP contribution is 2.14. The number of rotatable bonds is 8. The van der Waals surface area contributed by atoms with Crippen molar-refractivity contribution in [3.05, 3.63) is 65.2 Å². The Bertz CT molecular complexity index is 662. The van der Waals surface area contributed by atoms with Crippen molar-refractivity contribution in [1.82, 2.24) is 5.32 Å². The lowest BCUT2D eigenvalue weighted by atomic mass is 10.1. The van der Waals surface area contributed by atoms with Gasteiger partial charge in [0.05, 0.1) is 6.61 Å². The molecule has 1 amide bonds. The maximum absolute atomic E-state index is 11.7. The molecule has 1 atom stereocenters. The van der Waals surface area contributed by atoms with E-state index in [1.54, 1.807) is 0 Å². The van der Waals surface area contributed by atoms with Crippen molar-refractivity contribution in [2.45, 2.75) is 26.1 Å². The third-order valence-corrected chi connectivity index (χ3v) is 3.56. The Morgan fingerprint density at radius 2 is 1.88 bits per heavy atom. The molecule has 2 aromatic carbocycles. The fourth-order valence-corrected chi connectivity index (χ4v) is 2.25. The van der Waals surface area contributed by atoms with E-state index in [2.05, 4.69) is 24.4 Å². The van der Waals surface area contributed by atoms with Gasteiger partial charge < -0.3 is 20.5 Å². The summed E-state index contributed by atoms with van der Waals surface area (Å²) in [6.07, 6.45) is 0. The average molecular weight is 365 g/mol. The van der Waals surface area contributed by atoms with Crippen LogP contribution in [0.5, 0.6) is 5.75 Å². The normalized spacial score (nSPS) is 11.3. The van der Waals surface area contributed by atoms with Crippen molar-refractivity contribution in [2.75, 3.05) is 13.7 Å². The predicted octanol–water partition coefficient (Wildman–Crippen LogP) is 2.59. The number of nitrogens with two attached hydrogens (primary N) is 1. The van der Waals surface area contributed by atoms with Gasteiger partial charge in [-0.3, -0.25) is 4.79 Å². The highest BCUT2D eigenvalue weighted by molar-refractivity contribution is 5.85. The molecule has 2 rings (SSSR count). The molecule has 0 saturated carbocycles. The van der Waals surface area contributed by atoms with Crippen LogP contribution in [0.2, 0.25) is 0 Å². The van der Waals surface area contributed by atoms with Crippen LogP contribution in [-0.2, 0) is 22.7 Å². The van der Waals surface area contributed by atoms with E-state index in [0.717, 1.165) is 16.9 Å². The molecule has 0 aliphatic heterocycles. The first-order valence-electron chi connectivity index (χ1n) is 7.88. The SMILES string of the molecule is COCC(N)C(=O)NCc1ccc(OCc2cccc(C)c2)cc1.Cl. The molecular formula is C19H25ClN2O3. The summed E-state index contributed by atoms with van der Waals surface area (Å²) in [6, 6.07) is 15.2. The predicted molar refractivity (Wildman–Crippen MR) is 101 cm³/mol. The zero-order valence-corrected chi connectivity index (χ0v) is 15.3. The molecule has 25 heavy (non-hydrogen) atoms. The van der Waals surface area contributed by atoms with E-state index < -0.39 is 6.04 Å². The van der Waals surface area contributed by atoms with Crippen molar-refractivity contribution in [2.24, 2.45) is 5.73 Å². The fraction of sp³-hybridized carbons (Fsp3) is 0.316. The van der Waals surface area contributed by atoms with Crippen molar-refractivity contribution in [1.29, 1.82) is 0 Å². The molecular weight excluding hydrogens is 340 g/mol. The van der Waals surface area contributed by atoms with Gasteiger partial charge in [0.1, 0.15) is 18.4 Å². The van der Waals surface area contributed by atoms with Crippen LogP contribution >= 0.6 is 12.4 Å². The van der Waals surface area contributed by atoms with Crippen molar-refractivity contribution in [3.8, 4) is 5.75 Å². The number of aryl methyl sites for hydroxylation is 1. The Morgan fingerprint density at radius 1 is 1.16 bits per heavy atom. The number of amides is 1. The Hall–Kier alpha value is -2.08. The van der Waals surface area contributed by atoms with E-state index in [-0.39, 0.29) is 24.9 Å². The number of halogens is 1. The molecule has 0 saturated heterocycles. The molecule has 136 valence electrons. The second kappa shape index (κ2) is 10.7. The Kier molecular flexibility index (Phi) is 8.99. The van der Waals surface area contributed by atoms with Gasteiger partial charge in [0.15, 0.2) is 0 Å². The summed E-state index contributed by atoms with van der Waals surface area (Å²) >= 11 is 0. The van der Waals surface area contributed by atoms with Gasteiger partial charge in [-0.1, -0.05) is 42.0 Å². The van der Waals surface area contributed by atoms with Gasteiger partial charge in [-0.25, -0.2) is 0 Å². The Labute approximate surface area is 154 Å². The highest BCUT2D eigenvalue weighted by Gasteiger charge is 2.12. The van der Waals surface area contributed by atoms with E-state index in [1.807, 2.05) is 36.4 Å². The summed E-state index contributed by atoms with van der Waals surface area (Å²) in [5.74, 6) is 0.569. The standard InChI is InChI=1S/C19H24N2O3.ClH/c1-14-4-3-5-16(10-14)12-24-17-8-6-15(7-9-17)11-21-19(22)18(20)13-23-2;/h3-10,18H,11-13,20H2,1-2H3,(H,21,22);1H. The minimum Gasteiger partial charge on any atom is -0.489 e. The molecule has 3 N–H and O–H groups in total. The minimum absolute atomic E-state index is 0. The lowest BCUT2D eigenvalue weighted by Gasteiger charge is -2.12. The number of benzene rings is 2. The lowest BCUT2D eigenvalue weighted by Crippen LogP contribution is -2.43. The molecule has 6 heteroatoms. The van der Waals surface area contributed by atoms with Crippen LogP contribution < -0.4 is 15.8 Å². The quantitative estimate of drug-likeness (QED) is 0.755. The Morgan fingerprint density at radius 3 is 2.52 bits per heavy atom. The minimum atomic E-state index is -0.646. The number of carbonyl (C=O) groups is 1. The van der Waals surface area contributed by atoms with Gasteiger partial charge in [0.2, 0.25) is 5.91 Å². The van der Waals surface area contributed by atoms with E-state index in [4.69, 9.17) is 15.2 Å². The number of nitrogens with one attached hydrogen (secondary N) is 1. The number of methoxy groups -OCH3 is 1. The summed E-state index contributed by atoms with van der Waals surface area (Å²) < 4.78 is 10.6. The van der Waals surface area contributed by atoms with Crippen LogP contribution in [0.25, 0.3) is 0 Å². The zero-order valence-electron chi connectivity index (χ0n) is 14.5. The first-order valence-corrected chi connectivity index (χ1v) is 7.88. The third-order valence-electron chi connectivity index (χ3n) is 3.56. The van der Waals surface area contributed by atoms with Crippen LogP contribution in [0, 0.1) is 6.92 Å². The molecule has 1 unspecified atom stereocenters. The number of hydrogen-bond acceptors (Lipinski definition) is 4. The van der Waals surface area contributed by atoms with Gasteiger partial charge in [-0.15, -0.1) is 12.4 Å². The summed E-state index contributed by atoms with van der Waals surface area (Å²) in [4.78, 5) is 11.7. The largest absolute Gasteiger partial charge is 0.489 e. The molecule has 0 bridgehead atoms. The van der Waals surface area contributed by atoms with Crippen molar-refractivity contribution < 1.29 is 14.3 Å². The topological polar surface area (TPSA) is 73.6 Å². The summed E-state index contributed by atoms with van der Waals surface area (Å²) in [5.41, 5.74) is 9.00. The summed E-state index contributed by atoms with van der Waals surface area (Å²) in [7, 11) is 1.52. The van der Waals surface area contributed by atoms with Crippen molar-refractivity contribution >= 4 is 18.3 Å². The van der Waals surface area contributed by atoms with Crippen LogP contribution in [0.4, 0.5) is 0 Å². The fourth-order valence-electron chi connectivity index (χ4n) is 2.25. The monoisotopic (exact) mass is 364 g/mol. The van der Waals surface area contributed by atoms with Crippen LogP contribution in [0.1, 0.15) is 16.7 Å². The average Bonchev–Trinajstić information content (AvgIpc) is 2.59. The van der Waals surface area contributed by atoms with E-state index in [0.29, 0.717) is 13.2 Å². The molecule has 0 radical (unpaired) electrons. The van der Waals surface area contributed by atoms with E-state index in [9.17, 15) is 4.79 Å². The second-order valence-corrected chi connectivity index (χ2v) is 5.70. The first-order chi connectivity index (χ1) is 11.6. The summed E-state index contributed by atoms with van der Waals surface area (Å²) in [5, 5.41) is 2.78. The van der Waals surface area contributed by atoms with Crippen LogP contribution in [0.3, 0.4) is 0 Å². The maximum atomic E-state index is 11.7. The molecule has 0 aromatic heterocycles. The lowest BCUT2D eigenvalue weighted by molar-refractivity contribution is -0.123. The second-order valence-electron chi connectivity index (χ2n) is 5.70. The van der Waals surface area contributed by atoms with Gasteiger partial charge in [0, 0.05) is 13.7 Å². The van der Waals surface area contributed by atoms with Crippen LogP contribution in [-0.4, -0.2) is 25.7 Å². The molecule has 0 fully saturated rings. The molecule has 5 nitrogen and oxygen atoms in total. The number of hydrogen-bond donors (Lipinski definition) is 2. The smallest absolute Gasteiger partial charge is 0.239 e. The van der Waals surface area contributed by atoms with Gasteiger partial charge in [0.25, 0.3) is 0 Å². The molecule has 0 aliphatic carbocycles. The van der Waals surface area contributed by atoms with E-state index in [1.165, 1.54) is 12.7 Å². The molecule has 0 spiro atoms. The molecule has 0 heterocycles. The number of ether oxygens (including phenoxy) is 2. The molecule has 2 aromatic rings. The zero-order chi connectivity index (χ0) is 17.4. The van der Waals surface area contributed by atoms with E-state index >= 15 is 0 Å². The van der Waals surface area contributed by atoms with Gasteiger partial charge in [-0.2, -0.15) is 0 Å². The maximum Gasteiger partial charge on any atom is 0.239 e. The third kappa shape index (κ3) is 7.13. The first kappa shape index (κ1) is 21.0. The number of carbonyl (C=O) groups excluding carboxylic acids is 1. The van der Waals surface area contributed by atoms with Crippen molar-refractivity contribution in [3.63, 3.8) is 0 Å². The van der Waals surface area contributed by atoms with Gasteiger partial charge >= 0.3 is 0 Å². The Balaban J connectivity index is 0.00000312.